The molecule has 2 heterocycles. The van der Waals surface area contributed by atoms with Gasteiger partial charge in [-0.3, -0.25) is 4.79 Å². The number of piperidine rings is 1. The molecule has 6 nitrogen and oxygen atoms in total. The molecule has 0 spiro atoms. The number of carboxylic acids is 1. The summed E-state index contributed by atoms with van der Waals surface area (Å²) in [5.74, 6) is 0.632. The fourth-order valence-corrected chi connectivity index (χ4v) is 2.50. The third-order valence-corrected chi connectivity index (χ3v) is 4.01. The molecule has 0 amide bonds. The normalized spacial score (nSPS) is 18.1. The van der Waals surface area contributed by atoms with E-state index in [0.29, 0.717) is 38.2 Å². The van der Waals surface area contributed by atoms with Crippen molar-refractivity contribution in [3.63, 3.8) is 0 Å². The Morgan fingerprint density at radius 1 is 1.47 bits per heavy atom. The van der Waals surface area contributed by atoms with Crippen LogP contribution in [-0.4, -0.2) is 41.2 Å². The van der Waals surface area contributed by atoms with Gasteiger partial charge in [0.2, 0.25) is 5.88 Å². The average molecular weight is 265 g/mol. The molecule has 1 N–H and O–H groups in total. The maximum Gasteiger partial charge on any atom is 0.309 e. The molecule has 1 aromatic heterocycles. The molecule has 0 unspecified atom stereocenters. The number of carbonyl (C=O) groups is 1. The number of hydrogen-bond acceptors (Lipinski definition) is 5. The van der Waals surface area contributed by atoms with Crippen molar-refractivity contribution >= 4 is 11.8 Å². The van der Waals surface area contributed by atoms with Gasteiger partial charge in [-0.25, -0.2) is 9.97 Å². The van der Waals surface area contributed by atoms with Gasteiger partial charge in [-0.2, -0.15) is 0 Å². The van der Waals surface area contributed by atoms with Crippen LogP contribution in [-0.2, 0) is 4.79 Å². The third kappa shape index (κ3) is 2.62. The number of nitrogens with zero attached hydrogens (tertiary/aromatic N) is 3. The van der Waals surface area contributed by atoms with Gasteiger partial charge in [0.15, 0.2) is 0 Å². The summed E-state index contributed by atoms with van der Waals surface area (Å²) in [4.78, 5) is 21.7. The van der Waals surface area contributed by atoms with Gasteiger partial charge < -0.3 is 14.7 Å². The highest BCUT2D eigenvalue weighted by atomic mass is 16.5. The summed E-state index contributed by atoms with van der Waals surface area (Å²) < 4.78 is 5.07. The van der Waals surface area contributed by atoms with E-state index >= 15 is 0 Å². The van der Waals surface area contributed by atoms with E-state index in [1.807, 2.05) is 6.92 Å². The number of aliphatic carboxylic acids is 1. The summed E-state index contributed by atoms with van der Waals surface area (Å²) in [6.07, 6.45) is 3.42. The molecular weight excluding hydrogens is 246 g/mol. The van der Waals surface area contributed by atoms with Gasteiger partial charge in [0.05, 0.1) is 12.5 Å². The van der Waals surface area contributed by atoms with Crippen LogP contribution in [0.1, 0.15) is 26.2 Å². The number of anilines is 1. The molecule has 0 atom stereocenters. The van der Waals surface area contributed by atoms with Crippen LogP contribution in [0.25, 0.3) is 0 Å². The van der Waals surface area contributed by atoms with Crippen molar-refractivity contribution in [2.45, 2.75) is 26.2 Å². The zero-order valence-corrected chi connectivity index (χ0v) is 11.3. The number of rotatable bonds is 4. The van der Waals surface area contributed by atoms with E-state index in [9.17, 15) is 9.90 Å². The minimum absolute atomic E-state index is 0.524. The van der Waals surface area contributed by atoms with Crippen LogP contribution in [0.3, 0.4) is 0 Å². The molecule has 6 heteroatoms. The van der Waals surface area contributed by atoms with Crippen LogP contribution in [0.5, 0.6) is 5.88 Å². The van der Waals surface area contributed by atoms with Gasteiger partial charge in [0, 0.05) is 19.2 Å². The molecule has 0 bridgehead atoms. The quantitative estimate of drug-likeness (QED) is 0.890. The fraction of sp³-hybridized carbons (Fsp3) is 0.615. The summed E-state index contributed by atoms with van der Waals surface area (Å²) in [6, 6.07) is 1.78. The Morgan fingerprint density at radius 3 is 2.68 bits per heavy atom. The van der Waals surface area contributed by atoms with E-state index in [4.69, 9.17) is 4.74 Å². The SMILES string of the molecule is CCC1(C(=O)O)CCN(c2cc(OC)ncn2)CC1. The standard InChI is InChI=1S/C13H19N3O3/c1-3-13(12(17)18)4-6-16(7-5-13)10-8-11(19-2)15-9-14-10/h8-9H,3-7H2,1-2H3,(H,17,18). The topological polar surface area (TPSA) is 75.5 Å². The summed E-state index contributed by atoms with van der Waals surface area (Å²) in [5, 5.41) is 9.36. The molecular formula is C13H19N3O3. The molecule has 19 heavy (non-hydrogen) atoms. The Labute approximate surface area is 112 Å². The summed E-state index contributed by atoms with van der Waals surface area (Å²) in [5.41, 5.74) is -0.576. The van der Waals surface area contributed by atoms with Gasteiger partial charge in [0.25, 0.3) is 0 Å². The highest BCUT2D eigenvalue weighted by molar-refractivity contribution is 5.75. The molecule has 0 saturated carbocycles. The second-order valence-corrected chi connectivity index (χ2v) is 4.84. The maximum absolute atomic E-state index is 11.4. The Kier molecular flexibility index (Phi) is 3.87. The Bertz CT molecular complexity index is 456. The molecule has 2 rings (SSSR count). The summed E-state index contributed by atoms with van der Waals surface area (Å²) in [7, 11) is 1.56. The first kappa shape index (κ1) is 13.6. The van der Waals surface area contributed by atoms with Crippen LogP contribution in [0.15, 0.2) is 12.4 Å². The van der Waals surface area contributed by atoms with E-state index < -0.39 is 11.4 Å². The van der Waals surface area contributed by atoms with E-state index in [0.717, 1.165) is 5.82 Å². The lowest BCUT2D eigenvalue weighted by molar-refractivity contribution is -0.150. The Morgan fingerprint density at radius 2 is 2.16 bits per heavy atom. The highest BCUT2D eigenvalue weighted by Gasteiger charge is 2.40. The first-order valence-electron chi connectivity index (χ1n) is 6.45. The van der Waals surface area contributed by atoms with Crippen LogP contribution in [0, 0.1) is 5.41 Å². The third-order valence-electron chi connectivity index (χ3n) is 4.01. The largest absolute Gasteiger partial charge is 0.481 e. The molecule has 0 radical (unpaired) electrons. The predicted octanol–water partition coefficient (Wildman–Crippen LogP) is 1.57. The van der Waals surface area contributed by atoms with Gasteiger partial charge in [-0.1, -0.05) is 6.92 Å². The maximum atomic E-state index is 11.4. The molecule has 0 aliphatic carbocycles. The zero-order valence-electron chi connectivity index (χ0n) is 11.3. The zero-order chi connectivity index (χ0) is 13.9. The summed E-state index contributed by atoms with van der Waals surface area (Å²) >= 11 is 0. The monoisotopic (exact) mass is 265 g/mol. The van der Waals surface area contributed by atoms with Crippen molar-refractivity contribution in [2.75, 3.05) is 25.1 Å². The van der Waals surface area contributed by atoms with Gasteiger partial charge >= 0.3 is 5.97 Å². The molecule has 1 saturated heterocycles. The Balaban J connectivity index is 2.09. The molecule has 1 aromatic rings. The van der Waals surface area contributed by atoms with Crippen molar-refractivity contribution in [1.82, 2.24) is 9.97 Å². The lowest BCUT2D eigenvalue weighted by atomic mass is 9.76. The second kappa shape index (κ2) is 5.42. The van der Waals surface area contributed by atoms with Crippen LogP contribution in [0.2, 0.25) is 0 Å². The minimum Gasteiger partial charge on any atom is -0.481 e. The molecule has 104 valence electrons. The number of carboxylic acid groups (broad SMARTS) is 1. The van der Waals surface area contributed by atoms with E-state index in [1.165, 1.54) is 6.33 Å². The van der Waals surface area contributed by atoms with E-state index in [2.05, 4.69) is 14.9 Å². The number of aromatic nitrogens is 2. The first-order valence-corrected chi connectivity index (χ1v) is 6.45. The molecule has 1 aliphatic rings. The van der Waals surface area contributed by atoms with Gasteiger partial charge in [-0.15, -0.1) is 0 Å². The van der Waals surface area contributed by atoms with E-state index in [1.54, 1.807) is 13.2 Å². The minimum atomic E-state index is -0.685. The fourth-order valence-electron chi connectivity index (χ4n) is 2.50. The number of hydrogen-bond donors (Lipinski definition) is 1. The van der Waals surface area contributed by atoms with Crippen molar-refractivity contribution < 1.29 is 14.6 Å². The first-order chi connectivity index (χ1) is 9.11. The van der Waals surface area contributed by atoms with Crippen molar-refractivity contribution in [3.05, 3.63) is 12.4 Å². The highest BCUT2D eigenvalue weighted by Crippen LogP contribution is 2.36. The number of ether oxygens (including phenoxy) is 1. The van der Waals surface area contributed by atoms with Crippen LogP contribution < -0.4 is 9.64 Å². The predicted molar refractivity (Wildman–Crippen MR) is 70.4 cm³/mol. The van der Waals surface area contributed by atoms with Crippen LogP contribution in [0.4, 0.5) is 5.82 Å². The molecule has 0 aromatic carbocycles. The molecule has 1 fully saturated rings. The lowest BCUT2D eigenvalue weighted by Gasteiger charge is -2.38. The Hall–Kier alpha value is -1.85. The number of methoxy groups -OCH3 is 1. The van der Waals surface area contributed by atoms with E-state index in [-0.39, 0.29) is 0 Å². The van der Waals surface area contributed by atoms with Crippen molar-refractivity contribution in [3.8, 4) is 5.88 Å². The summed E-state index contributed by atoms with van der Waals surface area (Å²) in [6.45, 7) is 3.33. The lowest BCUT2D eigenvalue weighted by Crippen LogP contribution is -2.44. The smallest absolute Gasteiger partial charge is 0.309 e. The van der Waals surface area contributed by atoms with Crippen molar-refractivity contribution in [2.24, 2.45) is 5.41 Å². The average Bonchev–Trinajstić information content (AvgIpc) is 2.47. The molecule has 1 aliphatic heterocycles. The van der Waals surface area contributed by atoms with Crippen molar-refractivity contribution in [1.29, 1.82) is 0 Å². The van der Waals surface area contributed by atoms with Gasteiger partial charge in [0.1, 0.15) is 12.1 Å². The van der Waals surface area contributed by atoms with Gasteiger partial charge in [-0.05, 0) is 19.3 Å². The van der Waals surface area contributed by atoms with Crippen LogP contribution >= 0.6 is 0 Å². The second-order valence-electron chi connectivity index (χ2n) is 4.84.